The Morgan fingerprint density at radius 1 is 0.762 bits per heavy atom. The van der Waals surface area contributed by atoms with Crippen LogP contribution in [0.5, 0.6) is 17.2 Å². The molecule has 228 valence electrons. The average Bonchev–Trinajstić information content (AvgIpc) is 2.98. The number of methoxy groups -OCH3 is 2. The van der Waals surface area contributed by atoms with Gasteiger partial charge in [0, 0.05) is 30.9 Å². The maximum absolute atomic E-state index is 12.7. The number of phenolic OH excluding ortho intramolecular Hbond substituents is 1. The molecule has 2 aliphatic heterocycles. The second-order valence-corrected chi connectivity index (χ2v) is 10.0. The van der Waals surface area contributed by atoms with Crippen molar-refractivity contribution in [2.45, 2.75) is 68.5 Å². The van der Waals surface area contributed by atoms with Gasteiger partial charge < -0.3 is 63.5 Å². The summed E-state index contributed by atoms with van der Waals surface area (Å²) in [6, 6.07) is 10.3. The molecular formula is C28H32O14. The van der Waals surface area contributed by atoms with Gasteiger partial charge in [-0.05, 0) is 31.2 Å². The summed E-state index contributed by atoms with van der Waals surface area (Å²) in [6.45, 7) is 1.46. The van der Waals surface area contributed by atoms with Crippen LogP contribution >= 0.6 is 0 Å². The van der Waals surface area contributed by atoms with Crippen molar-refractivity contribution in [3.05, 3.63) is 52.7 Å². The molecule has 0 aliphatic carbocycles. The molecule has 14 heteroatoms. The van der Waals surface area contributed by atoms with Gasteiger partial charge in [-0.1, -0.05) is 0 Å². The molecule has 14 nitrogen and oxygen atoms in total. The minimum atomic E-state index is -1.68. The van der Waals surface area contributed by atoms with E-state index in [2.05, 4.69) is 0 Å². The van der Waals surface area contributed by atoms with Gasteiger partial charge >= 0.3 is 0 Å². The molecule has 2 saturated heterocycles. The third kappa shape index (κ3) is 5.68. The zero-order valence-corrected chi connectivity index (χ0v) is 22.8. The summed E-state index contributed by atoms with van der Waals surface area (Å²) in [5.74, 6) is 0.456. The van der Waals surface area contributed by atoms with Gasteiger partial charge in [-0.2, -0.15) is 0 Å². The summed E-state index contributed by atoms with van der Waals surface area (Å²) in [5, 5.41) is 62.0. The number of aliphatic hydroxyl groups excluding tert-OH is 5. The zero-order chi connectivity index (χ0) is 30.3. The third-order valence-electron chi connectivity index (χ3n) is 7.24. The molecule has 2 aliphatic rings. The summed E-state index contributed by atoms with van der Waals surface area (Å²) in [6.07, 6.45) is -14.4. The first-order chi connectivity index (χ1) is 20.0. The molecule has 10 atom stereocenters. The highest BCUT2D eigenvalue weighted by molar-refractivity contribution is 5.86. The van der Waals surface area contributed by atoms with Crippen molar-refractivity contribution in [2.24, 2.45) is 0 Å². The topological polar surface area (TPSA) is 207 Å². The molecular weight excluding hydrogens is 560 g/mol. The number of hydrogen-bond acceptors (Lipinski definition) is 14. The normalized spacial score (nSPS) is 33.4. The number of fused-ring (bicyclic) bond motifs is 1. The Kier molecular flexibility index (Phi) is 8.71. The maximum Gasteiger partial charge on any atom is 0.231 e. The van der Waals surface area contributed by atoms with E-state index < -0.39 is 67.0 Å². The van der Waals surface area contributed by atoms with Crippen LogP contribution in [0.3, 0.4) is 0 Å². The molecule has 3 aromatic rings. The molecule has 0 amide bonds. The van der Waals surface area contributed by atoms with E-state index >= 15 is 0 Å². The summed E-state index contributed by atoms with van der Waals surface area (Å²) in [7, 11) is 2.67. The quantitative estimate of drug-likeness (QED) is 0.210. The van der Waals surface area contributed by atoms with Crippen molar-refractivity contribution in [1.29, 1.82) is 0 Å². The number of aromatic hydroxyl groups is 1. The van der Waals surface area contributed by atoms with E-state index in [0.717, 1.165) is 0 Å². The molecule has 42 heavy (non-hydrogen) atoms. The van der Waals surface area contributed by atoms with Crippen LogP contribution in [0.1, 0.15) is 6.92 Å². The number of rotatable bonds is 7. The fourth-order valence-electron chi connectivity index (χ4n) is 4.86. The van der Waals surface area contributed by atoms with E-state index in [4.69, 9.17) is 32.8 Å². The van der Waals surface area contributed by atoms with E-state index in [-0.39, 0.29) is 28.2 Å². The predicted molar refractivity (Wildman–Crippen MR) is 142 cm³/mol. The largest absolute Gasteiger partial charge is 0.507 e. The maximum atomic E-state index is 12.7. The fourth-order valence-corrected chi connectivity index (χ4v) is 4.86. The van der Waals surface area contributed by atoms with Gasteiger partial charge in [0.2, 0.25) is 6.29 Å². The Labute approximate surface area is 238 Å². The molecule has 1 aromatic heterocycles. The number of ether oxygens (including phenoxy) is 6. The molecule has 6 N–H and O–H groups in total. The van der Waals surface area contributed by atoms with Crippen LogP contribution in [0.2, 0.25) is 0 Å². The molecule has 3 heterocycles. The van der Waals surface area contributed by atoms with Crippen LogP contribution in [-0.4, -0.2) is 106 Å². The molecule has 0 saturated carbocycles. The Morgan fingerprint density at radius 2 is 1.45 bits per heavy atom. The van der Waals surface area contributed by atoms with Gasteiger partial charge in [-0.3, -0.25) is 4.79 Å². The van der Waals surface area contributed by atoms with E-state index in [9.17, 15) is 35.4 Å². The predicted octanol–water partition coefficient (Wildman–Crippen LogP) is -0.184. The standard InChI is InChI=1S/C28H32O14/c1-11-20(31)21(32)23(34)27(38-11)41-25-22(33)24(35)26(37-3)42-28(25)39-13-6-4-12(5-7-13)17-10-16(30)19-15(29)8-14(36-2)9-18(19)40-17/h4-11,20-29,31-35H,1-3H3/t11-,20-,21+,22-,23+,24-,25+,26-,27-,28+/m1/s1. The van der Waals surface area contributed by atoms with E-state index in [1.165, 1.54) is 51.5 Å². The van der Waals surface area contributed by atoms with E-state index in [1.807, 2.05) is 0 Å². The van der Waals surface area contributed by atoms with Crippen LogP contribution in [0.25, 0.3) is 22.3 Å². The first-order valence-electron chi connectivity index (χ1n) is 13.0. The van der Waals surface area contributed by atoms with Crippen molar-refractivity contribution in [2.75, 3.05) is 14.2 Å². The second-order valence-electron chi connectivity index (χ2n) is 10.0. The first kappa shape index (κ1) is 30.2. The highest BCUT2D eigenvalue weighted by Crippen LogP contribution is 2.33. The van der Waals surface area contributed by atoms with Crippen LogP contribution < -0.4 is 14.9 Å². The number of hydrogen-bond donors (Lipinski definition) is 6. The van der Waals surface area contributed by atoms with Gasteiger partial charge in [0.1, 0.15) is 64.5 Å². The zero-order valence-electron chi connectivity index (χ0n) is 22.8. The second kappa shape index (κ2) is 12.1. The van der Waals surface area contributed by atoms with Gasteiger partial charge in [-0.25, -0.2) is 0 Å². The monoisotopic (exact) mass is 592 g/mol. The van der Waals surface area contributed by atoms with Gasteiger partial charge in [0.15, 0.2) is 24.1 Å². The average molecular weight is 593 g/mol. The molecule has 2 aromatic carbocycles. The van der Waals surface area contributed by atoms with Gasteiger partial charge in [0.25, 0.3) is 0 Å². The van der Waals surface area contributed by atoms with Gasteiger partial charge in [0.05, 0.1) is 13.2 Å². The highest BCUT2D eigenvalue weighted by Gasteiger charge is 2.51. The van der Waals surface area contributed by atoms with Crippen molar-refractivity contribution in [3.63, 3.8) is 0 Å². The summed E-state index contributed by atoms with van der Waals surface area (Å²) >= 11 is 0. The fraction of sp³-hybridized carbons (Fsp3) is 0.464. The lowest BCUT2D eigenvalue weighted by molar-refractivity contribution is -0.374. The minimum Gasteiger partial charge on any atom is -0.507 e. The molecule has 2 fully saturated rings. The molecule has 5 rings (SSSR count). The lowest BCUT2D eigenvalue weighted by atomic mass is 9.99. The lowest BCUT2D eigenvalue weighted by Gasteiger charge is -2.45. The van der Waals surface area contributed by atoms with E-state index in [1.54, 1.807) is 12.1 Å². The molecule has 0 radical (unpaired) electrons. The number of phenols is 1. The molecule has 0 unspecified atom stereocenters. The van der Waals surface area contributed by atoms with Crippen LogP contribution in [-0.2, 0) is 18.9 Å². The van der Waals surface area contributed by atoms with Gasteiger partial charge in [-0.15, -0.1) is 0 Å². The van der Waals surface area contributed by atoms with Crippen molar-refractivity contribution in [1.82, 2.24) is 0 Å². The first-order valence-corrected chi connectivity index (χ1v) is 13.0. The molecule has 0 spiro atoms. The summed E-state index contributed by atoms with van der Waals surface area (Å²) in [4.78, 5) is 12.7. The van der Waals surface area contributed by atoms with Crippen molar-refractivity contribution < 1.29 is 63.5 Å². The highest BCUT2D eigenvalue weighted by atomic mass is 16.8. The van der Waals surface area contributed by atoms with Crippen LogP contribution in [0.15, 0.2) is 51.7 Å². The van der Waals surface area contributed by atoms with Crippen molar-refractivity contribution in [3.8, 4) is 28.6 Å². The minimum absolute atomic E-state index is 0.0110. The Bertz CT molecular complexity index is 1440. The number of aliphatic hydroxyl groups is 5. The van der Waals surface area contributed by atoms with E-state index in [0.29, 0.717) is 11.3 Å². The summed E-state index contributed by atoms with van der Waals surface area (Å²) in [5.41, 5.74) is 0.161. The Hall–Kier alpha value is -3.31. The molecule has 0 bridgehead atoms. The third-order valence-corrected chi connectivity index (χ3v) is 7.24. The SMILES string of the molecule is COc1cc(O)c2c(=O)cc(-c3ccc(O[C@H]4O[C@@H](OC)[C@H](O)[C@@H](O)[C@@H]4O[C@H]4O[C@H](C)[C@@H](O)[C@H](O)[C@@H]4O)cc3)oc2c1. The van der Waals surface area contributed by atoms with Crippen molar-refractivity contribution >= 4 is 11.0 Å². The Balaban J connectivity index is 1.39. The number of benzene rings is 2. The van der Waals surface area contributed by atoms with Crippen LogP contribution in [0.4, 0.5) is 0 Å². The van der Waals surface area contributed by atoms with Crippen LogP contribution in [0, 0.1) is 0 Å². The lowest BCUT2D eigenvalue weighted by Crippen LogP contribution is -2.64. The summed E-state index contributed by atoms with van der Waals surface area (Å²) < 4.78 is 38.9. The Morgan fingerprint density at radius 3 is 2.12 bits per heavy atom. The smallest absolute Gasteiger partial charge is 0.231 e.